The summed E-state index contributed by atoms with van der Waals surface area (Å²) in [6.07, 6.45) is 3.80. The van der Waals surface area contributed by atoms with E-state index in [0.29, 0.717) is 6.54 Å². The Morgan fingerprint density at radius 1 is 1.43 bits per heavy atom. The number of nitro groups is 1. The molecular formula is C14H18FN3O3. The van der Waals surface area contributed by atoms with Crippen molar-refractivity contribution in [2.24, 2.45) is 0 Å². The highest BCUT2D eigenvalue weighted by Gasteiger charge is 2.28. The highest BCUT2D eigenvalue weighted by molar-refractivity contribution is 6.01. The largest absolute Gasteiger partial charge is 0.393 e. The van der Waals surface area contributed by atoms with Crippen LogP contribution in [-0.4, -0.2) is 28.3 Å². The summed E-state index contributed by atoms with van der Waals surface area (Å²) in [5.41, 5.74) is 4.72. The van der Waals surface area contributed by atoms with Gasteiger partial charge in [0.15, 0.2) is 0 Å². The number of hydrogen-bond donors (Lipinski definition) is 1. The summed E-state index contributed by atoms with van der Waals surface area (Å²) >= 11 is 0. The zero-order chi connectivity index (χ0) is 15.6. The van der Waals surface area contributed by atoms with Crippen LogP contribution in [0.15, 0.2) is 12.1 Å². The predicted molar refractivity (Wildman–Crippen MR) is 76.4 cm³/mol. The number of nitrogens with zero attached hydrogens (tertiary/aromatic N) is 2. The maximum atomic E-state index is 13.5. The topological polar surface area (TPSA) is 89.5 Å². The average molecular weight is 295 g/mol. The molecule has 0 spiro atoms. The lowest BCUT2D eigenvalue weighted by atomic mass is 10.1. The number of nitrogens with two attached hydrogens (primary N) is 1. The number of benzene rings is 1. The summed E-state index contributed by atoms with van der Waals surface area (Å²) in [6.45, 7) is 2.48. The van der Waals surface area contributed by atoms with Crippen LogP contribution in [0.1, 0.15) is 43.0 Å². The SMILES string of the molecule is CC1CCCCCN1C(=O)c1cc(F)cc([N+](=O)[O-])c1N. The predicted octanol–water partition coefficient (Wildman–Crippen LogP) is 2.72. The first-order valence-electron chi connectivity index (χ1n) is 6.96. The smallest absolute Gasteiger partial charge is 0.295 e. The van der Waals surface area contributed by atoms with Gasteiger partial charge < -0.3 is 10.6 Å². The van der Waals surface area contributed by atoms with E-state index in [0.717, 1.165) is 37.8 Å². The van der Waals surface area contributed by atoms with Gasteiger partial charge in [0.2, 0.25) is 0 Å². The molecule has 1 aliphatic heterocycles. The Kier molecular flexibility index (Phi) is 4.40. The van der Waals surface area contributed by atoms with Crippen molar-refractivity contribution in [3.63, 3.8) is 0 Å². The fraction of sp³-hybridized carbons (Fsp3) is 0.500. The van der Waals surface area contributed by atoms with E-state index in [4.69, 9.17) is 5.73 Å². The van der Waals surface area contributed by atoms with Gasteiger partial charge in [-0.25, -0.2) is 4.39 Å². The Morgan fingerprint density at radius 2 is 2.14 bits per heavy atom. The highest BCUT2D eigenvalue weighted by atomic mass is 19.1. The van der Waals surface area contributed by atoms with Gasteiger partial charge in [0.1, 0.15) is 11.5 Å². The van der Waals surface area contributed by atoms with Crippen molar-refractivity contribution < 1.29 is 14.1 Å². The first-order chi connectivity index (χ1) is 9.91. The van der Waals surface area contributed by atoms with Crippen LogP contribution in [0, 0.1) is 15.9 Å². The molecular weight excluding hydrogens is 277 g/mol. The van der Waals surface area contributed by atoms with Gasteiger partial charge >= 0.3 is 0 Å². The number of hydrogen-bond acceptors (Lipinski definition) is 4. The van der Waals surface area contributed by atoms with Gasteiger partial charge in [-0.1, -0.05) is 12.8 Å². The van der Waals surface area contributed by atoms with Crippen molar-refractivity contribution in [3.8, 4) is 0 Å². The number of carbonyl (C=O) groups excluding carboxylic acids is 1. The lowest BCUT2D eigenvalue weighted by Gasteiger charge is -2.27. The van der Waals surface area contributed by atoms with Crippen molar-refractivity contribution in [1.29, 1.82) is 0 Å². The molecule has 7 heteroatoms. The summed E-state index contributed by atoms with van der Waals surface area (Å²) in [5, 5.41) is 10.9. The van der Waals surface area contributed by atoms with Gasteiger partial charge in [-0.3, -0.25) is 14.9 Å². The van der Waals surface area contributed by atoms with Crippen molar-refractivity contribution in [2.75, 3.05) is 12.3 Å². The Balaban J connectivity index is 2.40. The van der Waals surface area contributed by atoms with E-state index in [1.54, 1.807) is 4.90 Å². The average Bonchev–Trinajstić information content (AvgIpc) is 2.64. The van der Waals surface area contributed by atoms with Crippen LogP contribution in [0.3, 0.4) is 0 Å². The minimum Gasteiger partial charge on any atom is -0.393 e. The van der Waals surface area contributed by atoms with Gasteiger partial charge in [-0.15, -0.1) is 0 Å². The number of nitro benzene ring substituents is 1. The van der Waals surface area contributed by atoms with Gasteiger partial charge in [-0.2, -0.15) is 0 Å². The van der Waals surface area contributed by atoms with Crippen LogP contribution in [0.5, 0.6) is 0 Å². The molecule has 1 aromatic rings. The van der Waals surface area contributed by atoms with Gasteiger partial charge in [-0.05, 0) is 25.8 Å². The number of carbonyl (C=O) groups is 1. The fourth-order valence-electron chi connectivity index (χ4n) is 2.66. The van der Waals surface area contributed by atoms with Crippen molar-refractivity contribution in [3.05, 3.63) is 33.6 Å². The lowest BCUT2D eigenvalue weighted by molar-refractivity contribution is -0.384. The molecule has 1 aromatic carbocycles. The number of anilines is 1. The molecule has 21 heavy (non-hydrogen) atoms. The molecule has 114 valence electrons. The molecule has 0 bridgehead atoms. The Labute approximate surface area is 121 Å². The van der Waals surface area contributed by atoms with Gasteiger partial charge in [0.25, 0.3) is 11.6 Å². The number of nitrogen functional groups attached to an aromatic ring is 1. The van der Waals surface area contributed by atoms with Crippen molar-refractivity contribution in [1.82, 2.24) is 4.90 Å². The molecule has 0 radical (unpaired) electrons. The molecule has 1 unspecified atom stereocenters. The van der Waals surface area contributed by atoms with E-state index in [2.05, 4.69) is 0 Å². The van der Waals surface area contributed by atoms with Crippen LogP contribution in [-0.2, 0) is 0 Å². The summed E-state index contributed by atoms with van der Waals surface area (Å²) in [6, 6.07) is 1.72. The first-order valence-corrected chi connectivity index (χ1v) is 6.96. The molecule has 0 saturated carbocycles. The van der Waals surface area contributed by atoms with E-state index < -0.39 is 22.3 Å². The number of amides is 1. The second-order valence-corrected chi connectivity index (χ2v) is 5.34. The quantitative estimate of drug-likeness (QED) is 0.516. The Morgan fingerprint density at radius 3 is 2.81 bits per heavy atom. The van der Waals surface area contributed by atoms with Crippen LogP contribution >= 0.6 is 0 Å². The van der Waals surface area contributed by atoms with Crippen LogP contribution < -0.4 is 5.73 Å². The van der Waals surface area contributed by atoms with Crippen molar-refractivity contribution >= 4 is 17.3 Å². The Bertz CT molecular complexity index is 577. The molecule has 1 fully saturated rings. The lowest BCUT2D eigenvalue weighted by Crippen LogP contribution is -2.38. The molecule has 0 aromatic heterocycles. The second-order valence-electron chi connectivity index (χ2n) is 5.34. The maximum Gasteiger partial charge on any atom is 0.295 e. The summed E-state index contributed by atoms with van der Waals surface area (Å²) in [4.78, 5) is 24.3. The zero-order valence-corrected chi connectivity index (χ0v) is 11.8. The molecule has 0 aliphatic carbocycles. The van der Waals surface area contributed by atoms with E-state index in [9.17, 15) is 19.3 Å². The van der Waals surface area contributed by atoms with Crippen LogP contribution in [0.4, 0.5) is 15.8 Å². The third-order valence-electron chi connectivity index (χ3n) is 3.86. The molecule has 1 aliphatic rings. The molecule has 2 rings (SSSR count). The monoisotopic (exact) mass is 295 g/mol. The van der Waals surface area contributed by atoms with Gasteiger partial charge in [0, 0.05) is 12.6 Å². The molecule has 1 saturated heterocycles. The standard InChI is InChI=1S/C14H18FN3O3/c1-9-5-3-2-4-6-17(9)14(19)11-7-10(15)8-12(13(11)16)18(20)21/h7-9H,2-6,16H2,1H3. The summed E-state index contributed by atoms with van der Waals surface area (Å²) < 4.78 is 13.5. The van der Waals surface area contributed by atoms with E-state index >= 15 is 0 Å². The van der Waals surface area contributed by atoms with E-state index in [1.165, 1.54) is 0 Å². The first kappa shape index (κ1) is 15.2. The maximum absolute atomic E-state index is 13.5. The normalized spacial score (nSPS) is 19.1. The fourth-order valence-corrected chi connectivity index (χ4v) is 2.66. The van der Waals surface area contributed by atoms with E-state index in [-0.39, 0.29) is 17.3 Å². The molecule has 2 N–H and O–H groups in total. The minimum absolute atomic E-state index is 0.0155. The third kappa shape index (κ3) is 3.12. The number of halogens is 1. The third-order valence-corrected chi connectivity index (χ3v) is 3.86. The van der Waals surface area contributed by atoms with Crippen molar-refractivity contribution in [2.45, 2.75) is 38.6 Å². The molecule has 1 atom stereocenters. The number of rotatable bonds is 2. The zero-order valence-electron chi connectivity index (χ0n) is 11.8. The van der Waals surface area contributed by atoms with E-state index in [1.807, 2.05) is 6.92 Å². The minimum atomic E-state index is -0.832. The summed E-state index contributed by atoms with van der Waals surface area (Å²) in [5.74, 6) is -1.27. The molecule has 6 nitrogen and oxygen atoms in total. The second kappa shape index (κ2) is 6.07. The van der Waals surface area contributed by atoms with Gasteiger partial charge in [0.05, 0.1) is 16.6 Å². The van der Waals surface area contributed by atoms with Crippen LogP contribution in [0.25, 0.3) is 0 Å². The molecule has 1 heterocycles. The number of likely N-dealkylation sites (tertiary alicyclic amines) is 1. The molecule has 1 amide bonds. The summed E-state index contributed by atoms with van der Waals surface area (Å²) in [7, 11) is 0. The highest BCUT2D eigenvalue weighted by Crippen LogP contribution is 2.29. The van der Waals surface area contributed by atoms with Crippen LogP contribution in [0.2, 0.25) is 0 Å². The Hall–Kier alpha value is -2.18.